The van der Waals surface area contributed by atoms with Crippen LogP contribution in [0.4, 0.5) is 13.2 Å². The summed E-state index contributed by atoms with van der Waals surface area (Å²) in [4.78, 5) is 0. The molecule has 1 saturated carbocycles. The van der Waals surface area contributed by atoms with Crippen molar-refractivity contribution in [2.75, 3.05) is 6.54 Å². The second kappa shape index (κ2) is 5.95. The van der Waals surface area contributed by atoms with Crippen molar-refractivity contribution >= 4 is 0 Å². The number of hydrogen-bond acceptors (Lipinski definition) is 1. The predicted molar refractivity (Wildman–Crippen MR) is 69.2 cm³/mol. The molecule has 1 aromatic rings. The predicted octanol–water partition coefficient (Wildman–Crippen LogP) is 4.16. The average Bonchev–Trinajstić information content (AvgIpc) is 2.36. The first-order chi connectivity index (χ1) is 9.00. The van der Waals surface area contributed by atoms with Crippen molar-refractivity contribution in [2.24, 2.45) is 5.41 Å². The second-order valence-corrected chi connectivity index (χ2v) is 5.85. The van der Waals surface area contributed by atoms with Gasteiger partial charge in [-0.3, -0.25) is 0 Å². The fourth-order valence-corrected chi connectivity index (χ4v) is 2.80. The summed E-state index contributed by atoms with van der Waals surface area (Å²) < 4.78 is 38.9. The number of halogens is 3. The van der Waals surface area contributed by atoms with E-state index in [-0.39, 0.29) is 5.41 Å². The highest BCUT2D eigenvalue weighted by molar-refractivity contribution is 5.19. The van der Waals surface area contributed by atoms with Crippen LogP contribution in [0.3, 0.4) is 0 Å². The maximum absolute atomic E-state index is 13.1. The van der Waals surface area contributed by atoms with Gasteiger partial charge in [-0.25, -0.2) is 13.2 Å². The first-order valence-corrected chi connectivity index (χ1v) is 6.84. The fraction of sp³-hybridized carbons (Fsp3) is 0.600. The quantitative estimate of drug-likeness (QED) is 0.811. The van der Waals surface area contributed by atoms with E-state index in [9.17, 15) is 13.2 Å². The van der Waals surface area contributed by atoms with Gasteiger partial charge in [0.25, 0.3) is 0 Å². The molecule has 19 heavy (non-hydrogen) atoms. The lowest BCUT2D eigenvalue weighted by Crippen LogP contribution is -2.33. The summed E-state index contributed by atoms with van der Waals surface area (Å²) in [5, 5.41) is 3.23. The molecule has 0 aliphatic heterocycles. The highest BCUT2D eigenvalue weighted by Crippen LogP contribution is 2.34. The Hall–Kier alpha value is -1.03. The summed E-state index contributed by atoms with van der Waals surface area (Å²) in [6, 6.07) is 2.10. The Morgan fingerprint density at radius 1 is 1.05 bits per heavy atom. The van der Waals surface area contributed by atoms with Crippen molar-refractivity contribution in [2.45, 2.75) is 45.6 Å². The topological polar surface area (TPSA) is 12.0 Å². The van der Waals surface area contributed by atoms with Crippen LogP contribution in [-0.2, 0) is 6.54 Å². The lowest BCUT2D eigenvalue weighted by atomic mass is 9.76. The molecule has 0 amide bonds. The lowest BCUT2D eigenvalue weighted by molar-refractivity contribution is 0.207. The van der Waals surface area contributed by atoms with Crippen LogP contribution in [0.15, 0.2) is 12.1 Å². The monoisotopic (exact) mass is 271 g/mol. The summed E-state index contributed by atoms with van der Waals surface area (Å²) in [6.45, 7) is 3.43. The van der Waals surface area contributed by atoms with Crippen molar-refractivity contribution in [3.05, 3.63) is 35.1 Å². The molecule has 1 aliphatic rings. The molecule has 1 fully saturated rings. The Bertz CT molecular complexity index is 416. The van der Waals surface area contributed by atoms with Gasteiger partial charge in [0.05, 0.1) is 0 Å². The van der Waals surface area contributed by atoms with Crippen LogP contribution in [0.1, 0.15) is 44.6 Å². The molecule has 2 rings (SSSR count). The molecule has 4 heteroatoms. The Kier molecular flexibility index (Phi) is 4.50. The SMILES string of the molecule is CC1(CNCc2cc(F)c(F)c(F)c2)CCCCC1. The normalized spacial score (nSPS) is 18.5. The van der Waals surface area contributed by atoms with E-state index >= 15 is 0 Å². The molecule has 0 atom stereocenters. The molecular formula is C15H20F3N. The van der Waals surface area contributed by atoms with Crippen LogP contribution in [-0.4, -0.2) is 6.54 Å². The zero-order chi connectivity index (χ0) is 13.9. The van der Waals surface area contributed by atoms with Crippen LogP contribution in [0, 0.1) is 22.9 Å². The van der Waals surface area contributed by atoms with E-state index in [1.54, 1.807) is 0 Å². The van der Waals surface area contributed by atoms with Crippen LogP contribution in [0.2, 0.25) is 0 Å². The standard InChI is InChI=1S/C15H20F3N/c1-15(5-3-2-4-6-15)10-19-9-11-7-12(16)14(18)13(17)8-11/h7-8,19H,2-6,9-10H2,1H3. The van der Waals surface area contributed by atoms with Gasteiger partial charge >= 0.3 is 0 Å². The van der Waals surface area contributed by atoms with Crippen LogP contribution in [0.25, 0.3) is 0 Å². The first kappa shape index (κ1) is 14.4. The van der Waals surface area contributed by atoms with E-state index in [2.05, 4.69) is 12.2 Å². The molecule has 0 radical (unpaired) electrons. The van der Waals surface area contributed by atoms with Crippen molar-refractivity contribution in [3.63, 3.8) is 0 Å². The van der Waals surface area contributed by atoms with Gasteiger partial charge in [-0.1, -0.05) is 26.2 Å². The van der Waals surface area contributed by atoms with Gasteiger partial charge in [-0.05, 0) is 36.0 Å². The van der Waals surface area contributed by atoms with E-state index in [1.165, 1.54) is 32.1 Å². The summed E-state index contributed by atoms with van der Waals surface area (Å²) in [7, 11) is 0. The Balaban J connectivity index is 1.89. The van der Waals surface area contributed by atoms with Crippen LogP contribution >= 0.6 is 0 Å². The minimum atomic E-state index is -1.40. The Morgan fingerprint density at radius 3 is 2.21 bits per heavy atom. The van der Waals surface area contributed by atoms with Gasteiger partial charge in [0, 0.05) is 13.1 Å². The minimum Gasteiger partial charge on any atom is -0.312 e. The fourth-order valence-electron chi connectivity index (χ4n) is 2.80. The molecule has 0 aromatic heterocycles. The number of nitrogens with one attached hydrogen (secondary N) is 1. The third-order valence-corrected chi connectivity index (χ3v) is 3.99. The smallest absolute Gasteiger partial charge is 0.194 e. The summed E-state index contributed by atoms with van der Waals surface area (Å²) >= 11 is 0. The average molecular weight is 271 g/mol. The zero-order valence-electron chi connectivity index (χ0n) is 11.2. The van der Waals surface area contributed by atoms with Gasteiger partial charge in [-0.15, -0.1) is 0 Å². The summed E-state index contributed by atoms with van der Waals surface area (Å²) in [5.41, 5.74) is 0.714. The van der Waals surface area contributed by atoms with E-state index in [1.807, 2.05) is 0 Å². The molecule has 0 bridgehead atoms. The third-order valence-electron chi connectivity index (χ3n) is 3.99. The van der Waals surface area contributed by atoms with E-state index in [4.69, 9.17) is 0 Å². The molecule has 0 heterocycles. The molecule has 0 unspecified atom stereocenters. The molecule has 1 aromatic carbocycles. The summed E-state index contributed by atoms with van der Waals surface area (Å²) in [6.07, 6.45) is 6.16. The van der Waals surface area contributed by atoms with Gasteiger partial charge in [0.15, 0.2) is 17.5 Å². The first-order valence-electron chi connectivity index (χ1n) is 6.84. The molecule has 0 spiro atoms. The third kappa shape index (κ3) is 3.72. The minimum absolute atomic E-state index is 0.273. The van der Waals surface area contributed by atoms with E-state index < -0.39 is 17.5 Å². The molecule has 1 aliphatic carbocycles. The van der Waals surface area contributed by atoms with Crippen LogP contribution in [0.5, 0.6) is 0 Å². The van der Waals surface area contributed by atoms with Gasteiger partial charge in [0.2, 0.25) is 0 Å². The zero-order valence-corrected chi connectivity index (χ0v) is 11.2. The maximum atomic E-state index is 13.1. The molecule has 1 nitrogen and oxygen atoms in total. The number of hydrogen-bond donors (Lipinski definition) is 1. The van der Waals surface area contributed by atoms with Crippen molar-refractivity contribution in [1.29, 1.82) is 0 Å². The second-order valence-electron chi connectivity index (χ2n) is 5.85. The maximum Gasteiger partial charge on any atom is 0.194 e. The van der Waals surface area contributed by atoms with E-state index in [0.717, 1.165) is 18.7 Å². The number of rotatable bonds is 4. The molecule has 0 saturated heterocycles. The van der Waals surface area contributed by atoms with Gasteiger partial charge in [0.1, 0.15) is 0 Å². The molecule has 1 N–H and O–H groups in total. The lowest BCUT2D eigenvalue weighted by Gasteiger charge is -2.33. The highest BCUT2D eigenvalue weighted by Gasteiger charge is 2.26. The Morgan fingerprint density at radius 2 is 1.63 bits per heavy atom. The van der Waals surface area contributed by atoms with Crippen molar-refractivity contribution in [1.82, 2.24) is 5.32 Å². The van der Waals surface area contributed by atoms with Crippen molar-refractivity contribution < 1.29 is 13.2 Å². The van der Waals surface area contributed by atoms with Crippen LogP contribution < -0.4 is 5.32 Å². The molecular weight excluding hydrogens is 251 g/mol. The summed E-state index contributed by atoms with van der Waals surface area (Å²) in [5.74, 6) is -3.65. The van der Waals surface area contributed by atoms with Crippen molar-refractivity contribution in [3.8, 4) is 0 Å². The number of benzene rings is 1. The largest absolute Gasteiger partial charge is 0.312 e. The van der Waals surface area contributed by atoms with Gasteiger partial charge < -0.3 is 5.32 Å². The molecule has 106 valence electrons. The van der Waals surface area contributed by atoms with E-state index in [0.29, 0.717) is 12.1 Å². The van der Waals surface area contributed by atoms with Gasteiger partial charge in [-0.2, -0.15) is 0 Å². The highest BCUT2D eigenvalue weighted by atomic mass is 19.2. The Labute approximate surface area is 112 Å².